The zero-order valence-electron chi connectivity index (χ0n) is 35.9. The van der Waals surface area contributed by atoms with Crippen LogP contribution in [0.15, 0.2) is 176 Å². The highest BCUT2D eigenvalue weighted by molar-refractivity contribution is 6.16. The van der Waals surface area contributed by atoms with Gasteiger partial charge in [-0.25, -0.2) is 0 Å². The minimum absolute atomic E-state index is 0.367. The van der Waals surface area contributed by atoms with Crippen molar-refractivity contribution in [1.82, 2.24) is 4.98 Å². The van der Waals surface area contributed by atoms with Gasteiger partial charge in [0.15, 0.2) is 0 Å². The first-order chi connectivity index (χ1) is 28.3. The molecule has 0 amide bonds. The Bertz CT molecular complexity index is 2390. The summed E-state index contributed by atoms with van der Waals surface area (Å²) in [6.45, 7) is 20.2. The minimum Gasteiger partial charge on any atom is -0.370 e. The van der Waals surface area contributed by atoms with Crippen LogP contribution in [0.2, 0.25) is 0 Å². The van der Waals surface area contributed by atoms with Crippen LogP contribution < -0.4 is 4.90 Å². The molecule has 1 N–H and O–H groups in total. The lowest BCUT2D eigenvalue weighted by Gasteiger charge is -2.28. The van der Waals surface area contributed by atoms with Crippen molar-refractivity contribution in [3.8, 4) is 11.1 Å². The second kappa shape index (κ2) is 20.2. The van der Waals surface area contributed by atoms with E-state index in [1.54, 1.807) is 0 Å². The summed E-state index contributed by atoms with van der Waals surface area (Å²) >= 11 is 0. The van der Waals surface area contributed by atoms with E-state index in [0.717, 1.165) is 32.2 Å². The third kappa shape index (κ3) is 9.74. The number of likely N-dealkylation sites (N-methyl/N-ethyl adjacent to an activating group) is 1. The van der Waals surface area contributed by atoms with Crippen LogP contribution >= 0.6 is 0 Å². The number of aromatic amines is 1. The lowest BCUT2D eigenvalue weighted by Crippen LogP contribution is -2.19. The Labute approximate surface area is 349 Å². The van der Waals surface area contributed by atoms with E-state index in [1.807, 2.05) is 18.3 Å². The maximum Gasteiger partial charge on any atom is 0.0487 e. The Morgan fingerprint density at radius 1 is 0.914 bits per heavy atom. The van der Waals surface area contributed by atoms with Crippen LogP contribution in [0.3, 0.4) is 0 Å². The van der Waals surface area contributed by atoms with Crippen LogP contribution in [0, 0.1) is 18.8 Å². The van der Waals surface area contributed by atoms with Gasteiger partial charge in [0.1, 0.15) is 0 Å². The average molecular weight is 765 g/mol. The fourth-order valence-corrected chi connectivity index (χ4v) is 8.68. The van der Waals surface area contributed by atoms with Crippen molar-refractivity contribution in [2.45, 2.75) is 79.1 Å². The molecule has 58 heavy (non-hydrogen) atoms. The molecule has 0 bridgehead atoms. The van der Waals surface area contributed by atoms with Crippen LogP contribution in [0.1, 0.15) is 89.0 Å². The van der Waals surface area contributed by atoms with Gasteiger partial charge in [0.25, 0.3) is 0 Å². The number of nitrogens with zero attached hydrogens (tertiary/aromatic N) is 1. The Morgan fingerprint density at radius 2 is 1.71 bits per heavy atom. The molecular formula is C56H64N2. The number of rotatable bonds is 14. The zero-order chi connectivity index (χ0) is 41.0. The Morgan fingerprint density at radius 3 is 2.41 bits per heavy atom. The van der Waals surface area contributed by atoms with Gasteiger partial charge in [0, 0.05) is 48.4 Å². The van der Waals surface area contributed by atoms with Gasteiger partial charge >= 0.3 is 0 Å². The predicted octanol–water partition coefficient (Wildman–Crippen LogP) is 15.8. The highest BCUT2D eigenvalue weighted by Crippen LogP contribution is 2.44. The summed E-state index contributed by atoms with van der Waals surface area (Å²) < 4.78 is 0. The van der Waals surface area contributed by atoms with Gasteiger partial charge in [-0.3, -0.25) is 0 Å². The molecule has 3 unspecified atom stereocenters. The van der Waals surface area contributed by atoms with Crippen molar-refractivity contribution in [1.29, 1.82) is 0 Å². The number of hydrogen-bond acceptors (Lipinski definition) is 1. The van der Waals surface area contributed by atoms with E-state index in [2.05, 4.69) is 192 Å². The number of benzene rings is 4. The first-order valence-electron chi connectivity index (χ1n) is 21.5. The van der Waals surface area contributed by atoms with Crippen molar-refractivity contribution in [3.05, 3.63) is 193 Å². The van der Waals surface area contributed by atoms with Gasteiger partial charge in [-0.05, 0) is 113 Å². The van der Waals surface area contributed by atoms with Crippen LogP contribution in [0.25, 0.3) is 38.2 Å². The van der Waals surface area contributed by atoms with Crippen LogP contribution in [0.4, 0.5) is 5.69 Å². The molecule has 0 radical (unpaired) electrons. The van der Waals surface area contributed by atoms with Gasteiger partial charge < -0.3 is 9.88 Å². The molecule has 3 atom stereocenters. The summed E-state index contributed by atoms with van der Waals surface area (Å²) in [4.78, 5) is 5.74. The van der Waals surface area contributed by atoms with Crippen molar-refractivity contribution in [2.75, 3.05) is 18.5 Å². The van der Waals surface area contributed by atoms with E-state index in [-0.39, 0.29) is 0 Å². The third-order valence-corrected chi connectivity index (χ3v) is 12.0. The lowest BCUT2D eigenvalue weighted by atomic mass is 9.77. The van der Waals surface area contributed by atoms with E-state index in [4.69, 9.17) is 0 Å². The average Bonchev–Trinajstić information content (AvgIpc) is 3.80. The predicted molar refractivity (Wildman–Crippen MR) is 257 cm³/mol. The quantitative estimate of drug-likeness (QED) is 0.0516. The molecule has 4 aromatic carbocycles. The summed E-state index contributed by atoms with van der Waals surface area (Å²) in [7, 11) is 2.19. The monoisotopic (exact) mass is 765 g/mol. The van der Waals surface area contributed by atoms with Crippen molar-refractivity contribution < 1.29 is 0 Å². The normalized spacial score (nSPS) is 17.3. The summed E-state index contributed by atoms with van der Waals surface area (Å²) in [5, 5.41) is 5.36. The second-order valence-corrected chi connectivity index (χ2v) is 16.2. The number of H-pyrrole nitrogens is 1. The van der Waals surface area contributed by atoms with E-state index in [1.165, 1.54) is 90.3 Å². The second-order valence-electron chi connectivity index (χ2n) is 16.2. The molecule has 0 spiro atoms. The minimum atomic E-state index is 0.367. The third-order valence-electron chi connectivity index (χ3n) is 12.0. The highest BCUT2D eigenvalue weighted by Gasteiger charge is 2.24. The van der Waals surface area contributed by atoms with Gasteiger partial charge in [-0.15, -0.1) is 6.58 Å². The van der Waals surface area contributed by atoms with Crippen LogP contribution in [-0.2, 0) is 0 Å². The topological polar surface area (TPSA) is 19.0 Å². The molecule has 298 valence electrons. The number of hydrogen-bond donors (Lipinski definition) is 1. The molecule has 2 heteroatoms. The summed E-state index contributed by atoms with van der Waals surface area (Å²) in [5.41, 5.74) is 13.4. The van der Waals surface area contributed by atoms with Gasteiger partial charge in [-0.2, -0.15) is 0 Å². The molecule has 0 aliphatic heterocycles. The first kappa shape index (κ1) is 42.0. The lowest BCUT2D eigenvalue weighted by molar-refractivity contribution is 0.639. The standard InChI is InChI=1S/C29H31N.C27H33N/c1-6-18-30(5)29-26-17-16-22(23-13-9-8-12-21(23)4)19-27(26)24-14-10-11-15-25(24)28(29)20(3)7-2;1-4-6-7-8-9-13-22(5-2)24-18-25(23-14-10-12-21(3)17-23)20-26(19-24)27-15-11-16-28-27/h6,8-17,19-20H,1,7,18H2,2-5H3;5,8-16,19-20,23-24,28H,2,4,6-7,17-18H2,1,3H3/b;9-8-,22-13+. The Hall–Kier alpha value is -5.60. The molecule has 1 aromatic heterocycles. The summed E-state index contributed by atoms with van der Waals surface area (Å²) in [5.74, 6) is 1.35. The molecule has 0 fully saturated rings. The van der Waals surface area contributed by atoms with E-state index in [0.29, 0.717) is 17.8 Å². The smallest absolute Gasteiger partial charge is 0.0487 e. The van der Waals surface area contributed by atoms with E-state index in [9.17, 15) is 0 Å². The number of fused-ring (bicyclic) bond motifs is 3. The van der Waals surface area contributed by atoms with Crippen molar-refractivity contribution >= 4 is 32.8 Å². The molecular weight excluding hydrogens is 701 g/mol. The number of aromatic nitrogens is 1. The molecule has 2 aliphatic carbocycles. The van der Waals surface area contributed by atoms with Crippen molar-refractivity contribution in [2.24, 2.45) is 11.8 Å². The Kier molecular flexibility index (Phi) is 14.6. The van der Waals surface area contributed by atoms with Gasteiger partial charge in [0.05, 0.1) is 0 Å². The molecule has 7 rings (SSSR count). The van der Waals surface area contributed by atoms with Crippen LogP contribution in [-0.4, -0.2) is 18.6 Å². The number of allylic oxidation sites excluding steroid dienone is 13. The van der Waals surface area contributed by atoms with Gasteiger partial charge in [0.2, 0.25) is 0 Å². The molecule has 0 saturated carbocycles. The largest absolute Gasteiger partial charge is 0.370 e. The van der Waals surface area contributed by atoms with E-state index < -0.39 is 0 Å². The van der Waals surface area contributed by atoms with E-state index >= 15 is 0 Å². The maximum atomic E-state index is 4.11. The summed E-state index contributed by atoms with van der Waals surface area (Å²) in [6, 6.07) is 28.8. The summed E-state index contributed by atoms with van der Waals surface area (Å²) in [6.07, 6.45) is 31.3. The number of unbranched alkanes of at least 4 members (excludes halogenated alkanes) is 2. The van der Waals surface area contributed by atoms with Crippen LogP contribution in [0.5, 0.6) is 0 Å². The first-order valence-corrected chi connectivity index (χ1v) is 21.5. The SMILES string of the molecule is C=C/C(=C\C=C/CCCC)C1C=C(c2ccc[nH]2)C=C(C2C=CC=C(C)C2)C1.C=CCN(C)c1c(C(C)CC)c2ccccc2c2cc(-c3ccccc3C)ccc12. The molecule has 1 heterocycles. The fraction of sp³-hybridized carbons (Fsp3) is 0.286. The molecule has 2 nitrogen and oxygen atoms in total. The molecule has 2 aliphatic rings. The van der Waals surface area contributed by atoms with Gasteiger partial charge in [-0.1, -0.05) is 173 Å². The highest BCUT2D eigenvalue weighted by atomic mass is 15.1. The molecule has 5 aromatic rings. The van der Waals surface area contributed by atoms with Crippen molar-refractivity contribution in [3.63, 3.8) is 0 Å². The number of anilines is 1. The maximum absolute atomic E-state index is 4.11. The zero-order valence-corrected chi connectivity index (χ0v) is 35.9. The fourth-order valence-electron chi connectivity index (χ4n) is 8.68. The Balaban J connectivity index is 0.000000196. The molecule has 0 saturated heterocycles. The number of aryl methyl sites for hydroxylation is 1. The number of nitrogens with one attached hydrogen (secondary N) is 1.